The highest BCUT2D eigenvalue weighted by atomic mass is 16.7. The Labute approximate surface area is 304 Å². The van der Waals surface area contributed by atoms with Gasteiger partial charge in [0.25, 0.3) is 0 Å². The summed E-state index contributed by atoms with van der Waals surface area (Å²) in [6.07, 6.45) is 8.15. The van der Waals surface area contributed by atoms with Crippen LogP contribution in [0.3, 0.4) is 0 Å². The highest BCUT2D eigenvalue weighted by Crippen LogP contribution is 2.89. The third-order valence-corrected chi connectivity index (χ3v) is 17.6. The van der Waals surface area contributed by atoms with Crippen LogP contribution in [-0.4, -0.2) is 99.8 Å². The zero-order valence-corrected chi connectivity index (χ0v) is 32.4. The number of hydrogen-bond donors (Lipinski definition) is 3. The second-order valence-electron chi connectivity index (χ2n) is 20.3. The van der Waals surface area contributed by atoms with Crippen molar-refractivity contribution in [1.29, 1.82) is 0 Å². The lowest BCUT2D eigenvalue weighted by molar-refractivity contribution is -0.257. The lowest BCUT2D eigenvalue weighted by atomic mass is 9.41. The van der Waals surface area contributed by atoms with Crippen LogP contribution < -0.4 is 0 Å². The van der Waals surface area contributed by atoms with Crippen molar-refractivity contribution >= 4 is 11.9 Å². The number of fused-ring (bicyclic) bond motifs is 4. The number of carboxylic acids is 1. The van der Waals surface area contributed by atoms with E-state index in [0.29, 0.717) is 50.8 Å². The fourth-order valence-electron chi connectivity index (χ4n) is 15.1. The second-order valence-corrected chi connectivity index (χ2v) is 20.3. The molecule has 10 nitrogen and oxygen atoms in total. The fraction of sp³-hybridized carbons (Fsp3) is 0.951. The van der Waals surface area contributed by atoms with Gasteiger partial charge in [0, 0.05) is 18.9 Å². The maximum Gasteiger partial charge on any atom is 0.324 e. The molecular weight excluding hydrogens is 650 g/mol. The van der Waals surface area contributed by atoms with E-state index in [1.165, 1.54) is 19.8 Å². The van der Waals surface area contributed by atoms with E-state index < -0.39 is 47.7 Å². The van der Waals surface area contributed by atoms with Crippen molar-refractivity contribution < 1.29 is 43.9 Å². The van der Waals surface area contributed by atoms with Gasteiger partial charge >= 0.3 is 11.9 Å². The molecule has 0 unspecified atom stereocenters. The number of hydrogen-bond acceptors (Lipinski definition) is 9. The van der Waals surface area contributed by atoms with Crippen LogP contribution in [0, 0.1) is 50.7 Å². The van der Waals surface area contributed by atoms with E-state index >= 15 is 0 Å². The molecule has 2 saturated heterocycles. The Morgan fingerprint density at radius 2 is 1.67 bits per heavy atom. The summed E-state index contributed by atoms with van der Waals surface area (Å²) in [6.45, 7) is 18.3. The summed E-state index contributed by atoms with van der Waals surface area (Å²) in [5.74, 6) is 0.194. The molecule has 0 aromatic carbocycles. The average Bonchev–Trinajstić information content (AvgIpc) is 3.65. The number of aliphatic carboxylic acids is 1. The molecule has 2 heterocycles. The van der Waals surface area contributed by atoms with Crippen molar-refractivity contribution in [2.75, 3.05) is 19.7 Å². The third kappa shape index (κ3) is 4.80. The fourth-order valence-corrected chi connectivity index (χ4v) is 15.1. The van der Waals surface area contributed by atoms with Crippen LogP contribution in [0.4, 0.5) is 0 Å². The first-order valence-electron chi connectivity index (χ1n) is 20.3. The standard InChI is InChI=1S/C41H65NO9/c1-23-20-25(33(36(5,6)47)49-24(2)43)50-31-30(23)37(7)16-17-40-22-39(40)15-12-28(35(3,4)26(39)10-11-27(40)38(37,8)32(31)44)51-29-21-42(18-19-48-29)41(34(45)46)13-9-14-41/h23,25-33,44,47H,9-22H2,1-8H3,(H,45,46)/t23-,25-,26+,27+,28+,29+,30+,31+,32+,33+,37-,38-,39-,40+/m1/s1. The van der Waals surface area contributed by atoms with E-state index in [4.69, 9.17) is 18.9 Å². The number of carbonyl (C=O) groups is 2. The van der Waals surface area contributed by atoms with Gasteiger partial charge in [-0.3, -0.25) is 14.5 Å². The normalized spacial score (nSPS) is 50.3. The molecule has 0 aromatic heterocycles. The van der Waals surface area contributed by atoms with E-state index in [1.807, 2.05) is 0 Å². The Balaban J connectivity index is 1.02. The van der Waals surface area contributed by atoms with Crippen LogP contribution in [0.1, 0.15) is 126 Å². The molecule has 6 saturated carbocycles. The molecule has 288 valence electrons. The minimum Gasteiger partial charge on any atom is -0.480 e. The van der Waals surface area contributed by atoms with Crippen molar-refractivity contribution in [3.63, 3.8) is 0 Å². The monoisotopic (exact) mass is 715 g/mol. The molecule has 6 aliphatic carbocycles. The Hall–Kier alpha value is -1.30. The quantitative estimate of drug-likeness (QED) is 0.288. The molecule has 3 N–H and O–H groups in total. The highest BCUT2D eigenvalue weighted by Gasteiger charge is 2.84. The molecular formula is C41H65NO9. The first-order valence-corrected chi connectivity index (χ1v) is 20.3. The van der Waals surface area contributed by atoms with Gasteiger partial charge in [-0.25, -0.2) is 0 Å². The van der Waals surface area contributed by atoms with Crippen molar-refractivity contribution in [3.05, 3.63) is 0 Å². The first-order chi connectivity index (χ1) is 23.8. The summed E-state index contributed by atoms with van der Waals surface area (Å²) in [6, 6.07) is 0. The molecule has 8 fully saturated rings. The number of carbonyl (C=O) groups excluding carboxylic acids is 1. The topological polar surface area (TPSA) is 135 Å². The number of aliphatic hydroxyl groups is 2. The maximum atomic E-state index is 12.6. The van der Waals surface area contributed by atoms with Gasteiger partial charge in [0.2, 0.25) is 0 Å². The van der Waals surface area contributed by atoms with Crippen molar-refractivity contribution in [2.24, 2.45) is 50.7 Å². The van der Waals surface area contributed by atoms with Crippen molar-refractivity contribution in [2.45, 2.75) is 174 Å². The van der Waals surface area contributed by atoms with Crippen LogP contribution in [0.2, 0.25) is 0 Å². The zero-order valence-electron chi connectivity index (χ0n) is 32.4. The number of ether oxygens (including phenoxy) is 4. The number of aliphatic hydroxyl groups excluding tert-OH is 1. The van der Waals surface area contributed by atoms with Gasteiger partial charge < -0.3 is 34.3 Å². The van der Waals surface area contributed by atoms with Crippen LogP contribution in [0.5, 0.6) is 0 Å². The van der Waals surface area contributed by atoms with Crippen molar-refractivity contribution in [3.8, 4) is 0 Å². The van der Waals surface area contributed by atoms with Crippen LogP contribution in [-0.2, 0) is 28.5 Å². The third-order valence-electron chi connectivity index (χ3n) is 17.6. The lowest BCUT2D eigenvalue weighted by Gasteiger charge is -2.64. The van der Waals surface area contributed by atoms with Gasteiger partial charge in [0.15, 0.2) is 12.4 Å². The molecule has 8 aliphatic rings. The predicted octanol–water partition coefficient (Wildman–Crippen LogP) is 5.55. The largest absolute Gasteiger partial charge is 0.480 e. The van der Waals surface area contributed by atoms with E-state index in [-0.39, 0.29) is 51.1 Å². The average molecular weight is 716 g/mol. The molecule has 10 heteroatoms. The van der Waals surface area contributed by atoms with E-state index in [0.717, 1.165) is 38.5 Å². The summed E-state index contributed by atoms with van der Waals surface area (Å²) < 4.78 is 25.6. The first kappa shape index (κ1) is 36.7. The van der Waals surface area contributed by atoms with Gasteiger partial charge in [-0.05, 0) is 130 Å². The van der Waals surface area contributed by atoms with Crippen LogP contribution in [0.15, 0.2) is 0 Å². The van der Waals surface area contributed by atoms with Gasteiger partial charge in [0.1, 0.15) is 5.54 Å². The molecule has 0 aromatic rings. The molecule has 2 aliphatic heterocycles. The number of nitrogens with zero attached hydrogens (tertiary/aromatic N) is 1. The van der Waals surface area contributed by atoms with Gasteiger partial charge in [-0.15, -0.1) is 0 Å². The SMILES string of the molecule is CC(=O)O[C@@H]([C@H]1C[C@@H](C)[C@H]2[C@H](O1)[C@H](O)[C@@]1(C)[C@@H]3CC[C@H]4C(C)(C)[C@@H](O[C@H]5CN(C6(C(=O)O)CCC6)CCO5)CC[C@@]45C[C@@]35CC[C@]21C)C(C)(C)O. The molecule has 0 amide bonds. The van der Waals surface area contributed by atoms with Gasteiger partial charge in [-0.2, -0.15) is 0 Å². The molecule has 0 radical (unpaired) electrons. The minimum absolute atomic E-state index is 0.0472. The van der Waals surface area contributed by atoms with Gasteiger partial charge in [-0.1, -0.05) is 34.6 Å². The lowest BCUT2D eigenvalue weighted by Crippen LogP contribution is -2.64. The number of rotatable bonds is 7. The van der Waals surface area contributed by atoms with Gasteiger partial charge in [0.05, 0.1) is 43.2 Å². The van der Waals surface area contributed by atoms with E-state index in [9.17, 15) is 24.9 Å². The summed E-state index contributed by atoms with van der Waals surface area (Å²) in [7, 11) is 0. The van der Waals surface area contributed by atoms with Crippen molar-refractivity contribution in [1.82, 2.24) is 4.90 Å². The summed E-state index contributed by atoms with van der Waals surface area (Å²) in [5.41, 5.74) is -2.05. The Morgan fingerprint density at radius 3 is 2.29 bits per heavy atom. The number of esters is 1. The molecule has 14 atom stereocenters. The number of carboxylic acid groups (broad SMARTS) is 1. The van der Waals surface area contributed by atoms with E-state index in [1.54, 1.807) is 13.8 Å². The summed E-state index contributed by atoms with van der Waals surface area (Å²) in [4.78, 5) is 26.5. The molecule has 2 spiro atoms. The van der Waals surface area contributed by atoms with Crippen LogP contribution >= 0.6 is 0 Å². The minimum atomic E-state index is -1.27. The summed E-state index contributed by atoms with van der Waals surface area (Å²) >= 11 is 0. The summed E-state index contributed by atoms with van der Waals surface area (Å²) in [5, 5.41) is 33.7. The predicted molar refractivity (Wildman–Crippen MR) is 188 cm³/mol. The van der Waals surface area contributed by atoms with E-state index in [2.05, 4.69) is 39.5 Å². The second kappa shape index (κ2) is 11.6. The molecule has 0 bridgehead atoms. The smallest absolute Gasteiger partial charge is 0.324 e. The highest BCUT2D eigenvalue weighted by molar-refractivity contribution is 5.80. The Kier molecular flexibility index (Phi) is 8.35. The van der Waals surface area contributed by atoms with Crippen LogP contribution in [0.25, 0.3) is 0 Å². The molecule has 8 rings (SSSR count). The Bertz CT molecular complexity index is 1420. The Morgan fingerprint density at radius 1 is 0.980 bits per heavy atom. The molecule has 51 heavy (non-hydrogen) atoms. The zero-order chi connectivity index (χ0) is 36.7. The maximum absolute atomic E-state index is 12.6. The number of morpholine rings is 1.